The number of ether oxygens (including phenoxy) is 2. The summed E-state index contributed by atoms with van der Waals surface area (Å²) < 4.78 is 11.1. The number of hydrogen-bond donors (Lipinski definition) is 0. The third kappa shape index (κ3) is 3.24. The quantitative estimate of drug-likeness (QED) is 0.342. The minimum atomic E-state index is -0.688. The normalized spacial score (nSPS) is 10.3. The number of nitro benzene ring substituents is 1. The van der Waals surface area contributed by atoms with Crippen LogP contribution in [-0.4, -0.2) is 40.2 Å². The van der Waals surface area contributed by atoms with Gasteiger partial charge in [0.05, 0.1) is 18.6 Å². The Labute approximate surface area is 136 Å². The van der Waals surface area contributed by atoms with E-state index in [-0.39, 0.29) is 29.2 Å². The summed E-state index contributed by atoms with van der Waals surface area (Å²) in [4.78, 5) is 34.9. The van der Waals surface area contributed by atoms with E-state index in [1.807, 2.05) is 0 Å². The van der Waals surface area contributed by atoms with Gasteiger partial charge >= 0.3 is 5.97 Å². The Balaban J connectivity index is 2.47. The molecule has 0 aliphatic rings. The van der Waals surface area contributed by atoms with E-state index >= 15 is 0 Å². The Morgan fingerprint density at radius 3 is 2.62 bits per heavy atom. The molecule has 0 radical (unpaired) electrons. The van der Waals surface area contributed by atoms with Crippen LogP contribution in [0, 0.1) is 10.1 Å². The Morgan fingerprint density at radius 2 is 2.04 bits per heavy atom. The minimum Gasteiger partial charge on any atom is -0.497 e. The monoisotopic (exact) mass is 333 g/mol. The second kappa shape index (κ2) is 6.90. The molecule has 9 heteroatoms. The SMILES string of the molecule is CCOC(=O)c1cc(C(=O)c2cc(OC)ccc2[N+](=O)[O-])nn1C. The molecule has 0 unspecified atom stereocenters. The number of methoxy groups -OCH3 is 1. The maximum Gasteiger partial charge on any atom is 0.356 e. The average Bonchev–Trinajstić information content (AvgIpc) is 2.95. The van der Waals surface area contributed by atoms with Crippen LogP contribution in [0.15, 0.2) is 24.3 Å². The van der Waals surface area contributed by atoms with Crippen molar-refractivity contribution in [3.63, 3.8) is 0 Å². The largest absolute Gasteiger partial charge is 0.497 e. The lowest BCUT2D eigenvalue weighted by molar-refractivity contribution is -0.385. The van der Waals surface area contributed by atoms with E-state index in [2.05, 4.69) is 5.10 Å². The van der Waals surface area contributed by atoms with E-state index in [1.165, 1.54) is 43.1 Å². The van der Waals surface area contributed by atoms with Gasteiger partial charge in [-0.2, -0.15) is 5.10 Å². The van der Waals surface area contributed by atoms with Gasteiger partial charge in [-0.1, -0.05) is 0 Å². The van der Waals surface area contributed by atoms with Gasteiger partial charge in [0.2, 0.25) is 5.78 Å². The predicted octanol–water partition coefficient (Wildman–Crippen LogP) is 1.74. The van der Waals surface area contributed by atoms with E-state index in [1.54, 1.807) is 6.92 Å². The molecule has 0 bridgehead atoms. The Morgan fingerprint density at radius 1 is 1.33 bits per heavy atom. The molecule has 0 saturated carbocycles. The maximum absolute atomic E-state index is 12.6. The predicted molar refractivity (Wildman–Crippen MR) is 82.2 cm³/mol. The average molecular weight is 333 g/mol. The molecule has 1 heterocycles. The highest BCUT2D eigenvalue weighted by atomic mass is 16.6. The lowest BCUT2D eigenvalue weighted by Gasteiger charge is -2.03. The van der Waals surface area contributed by atoms with E-state index in [4.69, 9.17) is 9.47 Å². The van der Waals surface area contributed by atoms with Crippen molar-refractivity contribution in [2.45, 2.75) is 6.92 Å². The van der Waals surface area contributed by atoms with Gasteiger partial charge in [0.1, 0.15) is 22.7 Å². The summed E-state index contributed by atoms with van der Waals surface area (Å²) in [6, 6.07) is 5.07. The molecular weight excluding hydrogens is 318 g/mol. The molecule has 0 atom stereocenters. The van der Waals surface area contributed by atoms with Crippen LogP contribution in [0.4, 0.5) is 5.69 Å². The second-order valence-electron chi connectivity index (χ2n) is 4.73. The molecule has 0 amide bonds. The van der Waals surface area contributed by atoms with E-state index in [9.17, 15) is 19.7 Å². The number of nitrogens with zero attached hydrogens (tertiary/aromatic N) is 3. The zero-order valence-corrected chi connectivity index (χ0v) is 13.3. The number of esters is 1. The fraction of sp³-hybridized carbons (Fsp3) is 0.267. The number of rotatable bonds is 6. The van der Waals surface area contributed by atoms with Crippen LogP contribution in [-0.2, 0) is 11.8 Å². The number of carbonyl (C=O) groups is 2. The van der Waals surface area contributed by atoms with E-state index in [0.29, 0.717) is 5.75 Å². The Hall–Kier alpha value is -3.23. The van der Waals surface area contributed by atoms with Crippen molar-refractivity contribution in [1.29, 1.82) is 0 Å². The fourth-order valence-electron chi connectivity index (χ4n) is 2.10. The van der Waals surface area contributed by atoms with E-state index in [0.717, 1.165) is 0 Å². The first-order chi connectivity index (χ1) is 11.4. The smallest absolute Gasteiger partial charge is 0.356 e. The number of ketones is 1. The van der Waals surface area contributed by atoms with Gasteiger partial charge in [-0.25, -0.2) is 4.79 Å². The molecule has 0 saturated heterocycles. The van der Waals surface area contributed by atoms with Crippen molar-refractivity contribution in [3.05, 3.63) is 51.3 Å². The Bertz CT molecular complexity index is 812. The highest BCUT2D eigenvalue weighted by molar-refractivity contribution is 6.11. The van der Waals surface area contributed by atoms with Gasteiger partial charge in [-0.3, -0.25) is 19.6 Å². The van der Waals surface area contributed by atoms with Crippen molar-refractivity contribution >= 4 is 17.4 Å². The van der Waals surface area contributed by atoms with Crippen LogP contribution in [0.3, 0.4) is 0 Å². The molecule has 2 aromatic rings. The van der Waals surface area contributed by atoms with Crippen LogP contribution >= 0.6 is 0 Å². The van der Waals surface area contributed by atoms with Crippen molar-refractivity contribution in [2.24, 2.45) is 7.05 Å². The molecule has 0 spiro atoms. The summed E-state index contributed by atoms with van der Waals surface area (Å²) >= 11 is 0. The summed E-state index contributed by atoms with van der Waals surface area (Å²) in [5, 5.41) is 15.1. The minimum absolute atomic E-state index is 0.0748. The molecule has 1 aromatic heterocycles. The van der Waals surface area contributed by atoms with Gasteiger partial charge in [-0.05, 0) is 19.1 Å². The molecule has 9 nitrogen and oxygen atoms in total. The van der Waals surface area contributed by atoms with Crippen molar-refractivity contribution in [1.82, 2.24) is 9.78 Å². The number of carbonyl (C=O) groups excluding carboxylic acids is 2. The zero-order chi connectivity index (χ0) is 17.9. The van der Waals surface area contributed by atoms with Crippen molar-refractivity contribution in [3.8, 4) is 5.75 Å². The third-order valence-corrected chi connectivity index (χ3v) is 3.24. The molecule has 126 valence electrons. The lowest BCUT2D eigenvalue weighted by atomic mass is 10.1. The van der Waals surface area contributed by atoms with Crippen LogP contribution in [0.5, 0.6) is 5.75 Å². The summed E-state index contributed by atoms with van der Waals surface area (Å²) in [5.74, 6) is -1.02. The highest BCUT2D eigenvalue weighted by Gasteiger charge is 2.26. The standard InChI is InChI=1S/C15H15N3O6/c1-4-24-15(20)13-8-11(16-17(13)2)14(19)10-7-9(23-3)5-6-12(10)18(21)22/h5-8H,4H2,1-3H3. The molecule has 0 aliphatic carbocycles. The van der Waals surface area contributed by atoms with Crippen LogP contribution in [0.25, 0.3) is 0 Å². The van der Waals surface area contributed by atoms with E-state index < -0.39 is 16.7 Å². The van der Waals surface area contributed by atoms with Gasteiger partial charge in [0.25, 0.3) is 5.69 Å². The van der Waals surface area contributed by atoms with Gasteiger partial charge in [0.15, 0.2) is 0 Å². The molecule has 0 aliphatic heterocycles. The van der Waals surface area contributed by atoms with Crippen LogP contribution in [0.2, 0.25) is 0 Å². The number of nitro groups is 1. The Kier molecular flexibility index (Phi) is 4.93. The highest BCUT2D eigenvalue weighted by Crippen LogP contribution is 2.26. The molecule has 0 N–H and O–H groups in total. The molecule has 24 heavy (non-hydrogen) atoms. The van der Waals surface area contributed by atoms with Crippen LogP contribution < -0.4 is 4.74 Å². The topological polar surface area (TPSA) is 114 Å². The number of hydrogen-bond acceptors (Lipinski definition) is 7. The molecule has 1 aromatic carbocycles. The first-order valence-corrected chi connectivity index (χ1v) is 6.97. The van der Waals surface area contributed by atoms with Gasteiger partial charge in [0, 0.05) is 19.2 Å². The van der Waals surface area contributed by atoms with Crippen LogP contribution in [0.1, 0.15) is 33.5 Å². The molecular formula is C15H15N3O6. The van der Waals surface area contributed by atoms with Crippen molar-refractivity contribution < 1.29 is 24.0 Å². The van der Waals surface area contributed by atoms with Gasteiger partial charge < -0.3 is 9.47 Å². The maximum atomic E-state index is 12.6. The van der Waals surface area contributed by atoms with Gasteiger partial charge in [-0.15, -0.1) is 0 Å². The molecule has 0 fully saturated rings. The first-order valence-electron chi connectivity index (χ1n) is 6.97. The third-order valence-electron chi connectivity index (χ3n) is 3.24. The zero-order valence-electron chi connectivity index (χ0n) is 13.3. The first kappa shape index (κ1) is 17.1. The summed E-state index contributed by atoms with van der Waals surface area (Å²) in [7, 11) is 2.86. The summed E-state index contributed by atoms with van der Waals surface area (Å²) in [6.07, 6.45) is 0. The summed E-state index contributed by atoms with van der Waals surface area (Å²) in [6.45, 7) is 1.83. The second-order valence-corrected chi connectivity index (χ2v) is 4.73. The fourth-order valence-corrected chi connectivity index (χ4v) is 2.10. The number of aromatic nitrogens is 2. The molecule has 2 rings (SSSR count). The summed E-state index contributed by atoms with van der Waals surface area (Å²) in [5.41, 5.74) is -0.570. The number of benzene rings is 1. The van der Waals surface area contributed by atoms with Crippen molar-refractivity contribution in [2.75, 3.05) is 13.7 Å². The lowest BCUT2D eigenvalue weighted by Crippen LogP contribution is -2.10. The number of aryl methyl sites for hydroxylation is 1.